The van der Waals surface area contributed by atoms with Crippen molar-refractivity contribution < 1.29 is 18.7 Å². The Morgan fingerprint density at radius 1 is 1.17 bits per heavy atom. The van der Waals surface area contributed by atoms with Gasteiger partial charge in [0.25, 0.3) is 5.91 Å². The number of halogens is 2. The number of rotatable bonds is 5. The van der Waals surface area contributed by atoms with Crippen molar-refractivity contribution in [2.24, 2.45) is 11.7 Å². The fourth-order valence-electron chi connectivity index (χ4n) is 2.36. The lowest BCUT2D eigenvalue weighted by Crippen LogP contribution is -2.53. The van der Waals surface area contributed by atoms with E-state index >= 15 is 0 Å². The normalized spacial score (nSPS) is 15.5. The highest BCUT2D eigenvalue weighted by Crippen LogP contribution is 2.12. The topological polar surface area (TPSA) is 75.9 Å². The van der Waals surface area contributed by atoms with E-state index in [0.29, 0.717) is 38.5 Å². The number of ether oxygens (including phenoxy) is 1. The summed E-state index contributed by atoms with van der Waals surface area (Å²) in [7, 11) is 0. The molecule has 8 heteroatoms. The Morgan fingerprint density at radius 2 is 1.71 bits per heavy atom. The fourth-order valence-corrected chi connectivity index (χ4v) is 2.36. The van der Waals surface area contributed by atoms with Gasteiger partial charge in [-0.1, -0.05) is 6.92 Å². The second kappa shape index (κ2) is 9.44. The van der Waals surface area contributed by atoms with Crippen LogP contribution in [-0.4, -0.2) is 60.9 Å². The number of hydrogen-bond acceptors (Lipinski definition) is 4. The fraction of sp³-hybridized carbons (Fsp3) is 0.500. The number of benzene rings is 1. The lowest BCUT2D eigenvalue weighted by atomic mass is 10.1. The van der Waals surface area contributed by atoms with Crippen LogP contribution in [0, 0.1) is 11.7 Å². The Bertz CT molecular complexity index is 548. The molecule has 1 aromatic carbocycles. The highest BCUT2D eigenvalue weighted by Gasteiger charge is 2.26. The molecule has 1 unspecified atom stereocenters. The highest BCUT2D eigenvalue weighted by atomic mass is 35.5. The first-order chi connectivity index (χ1) is 11.0. The number of piperazine rings is 1. The molecule has 1 heterocycles. The summed E-state index contributed by atoms with van der Waals surface area (Å²) in [6, 6.07) is 5.52. The molecule has 0 aliphatic carbocycles. The lowest BCUT2D eigenvalue weighted by molar-refractivity contribution is -0.142. The first kappa shape index (κ1) is 20.2. The molecular weight excluding hydrogens is 337 g/mol. The van der Waals surface area contributed by atoms with E-state index < -0.39 is 0 Å². The van der Waals surface area contributed by atoms with Gasteiger partial charge in [-0.05, 0) is 24.3 Å². The largest absolute Gasteiger partial charge is 0.484 e. The zero-order chi connectivity index (χ0) is 16.8. The standard InChI is InChI=1S/C16H22FN3O3.ClH/c1-12(10-18)16(22)20-8-6-19(7-9-20)15(21)11-23-14-4-2-13(17)3-5-14;/h2-5,12H,6-11,18H2,1H3;1H. The molecule has 6 nitrogen and oxygen atoms in total. The Balaban J connectivity index is 0.00000288. The van der Waals surface area contributed by atoms with Crippen LogP contribution in [0.1, 0.15) is 6.92 Å². The zero-order valence-electron chi connectivity index (χ0n) is 13.6. The summed E-state index contributed by atoms with van der Waals surface area (Å²) in [6.07, 6.45) is 0. The molecule has 1 fully saturated rings. The number of nitrogens with two attached hydrogens (primary N) is 1. The summed E-state index contributed by atoms with van der Waals surface area (Å²) in [6.45, 7) is 4.00. The van der Waals surface area contributed by atoms with Crippen LogP contribution in [0.2, 0.25) is 0 Å². The van der Waals surface area contributed by atoms with Gasteiger partial charge in [-0.2, -0.15) is 0 Å². The lowest BCUT2D eigenvalue weighted by Gasteiger charge is -2.35. The van der Waals surface area contributed by atoms with Crippen molar-refractivity contribution >= 4 is 24.2 Å². The van der Waals surface area contributed by atoms with Gasteiger partial charge in [0.1, 0.15) is 11.6 Å². The van der Waals surface area contributed by atoms with Gasteiger partial charge in [0.05, 0.1) is 0 Å². The third-order valence-corrected chi connectivity index (χ3v) is 3.90. The molecule has 2 N–H and O–H groups in total. The monoisotopic (exact) mass is 359 g/mol. The van der Waals surface area contributed by atoms with Gasteiger partial charge < -0.3 is 20.3 Å². The summed E-state index contributed by atoms with van der Waals surface area (Å²) in [5.41, 5.74) is 5.51. The van der Waals surface area contributed by atoms with Gasteiger partial charge in [0.15, 0.2) is 6.61 Å². The Kier molecular flexibility index (Phi) is 7.94. The molecular formula is C16H23ClFN3O3. The molecule has 1 atom stereocenters. The molecule has 1 aromatic rings. The quantitative estimate of drug-likeness (QED) is 0.847. The van der Waals surface area contributed by atoms with Gasteiger partial charge in [0.2, 0.25) is 5.91 Å². The van der Waals surface area contributed by atoms with Crippen molar-refractivity contribution in [1.82, 2.24) is 9.80 Å². The molecule has 0 spiro atoms. The van der Waals surface area contributed by atoms with Gasteiger partial charge in [-0.3, -0.25) is 9.59 Å². The van der Waals surface area contributed by atoms with Crippen molar-refractivity contribution in [3.05, 3.63) is 30.1 Å². The van der Waals surface area contributed by atoms with Crippen LogP contribution in [0.5, 0.6) is 5.75 Å². The minimum absolute atomic E-state index is 0. The van der Waals surface area contributed by atoms with Crippen LogP contribution < -0.4 is 10.5 Å². The van der Waals surface area contributed by atoms with Crippen LogP contribution >= 0.6 is 12.4 Å². The zero-order valence-corrected chi connectivity index (χ0v) is 14.4. The average molecular weight is 360 g/mol. The number of nitrogens with zero attached hydrogens (tertiary/aromatic N) is 2. The van der Waals surface area contributed by atoms with Crippen LogP contribution in [0.4, 0.5) is 4.39 Å². The number of carbonyl (C=O) groups is 2. The maximum Gasteiger partial charge on any atom is 0.260 e. The number of amides is 2. The minimum Gasteiger partial charge on any atom is -0.484 e. The van der Waals surface area contributed by atoms with E-state index in [1.165, 1.54) is 24.3 Å². The van der Waals surface area contributed by atoms with Crippen molar-refractivity contribution in [2.45, 2.75) is 6.92 Å². The van der Waals surface area contributed by atoms with Crippen LogP contribution in [0.25, 0.3) is 0 Å². The first-order valence-electron chi connectivity index (χ1n) is 7.66. The third kappa shape index (κ3) is 5.35. The molecule has 134 valence electrons. The van der Waals surface area contributed by atoms with Crippen molar-refractivity contribution in [3.63, 3.8) is 0 Å². The van der Waals surface area contributed by atoms with E-state index in [0.717, 1.165) is 0 Å². The molecule has 2 amide bonds. The minimum atomic E-state index is -0.351. The van der Waals surface area contributed by atoms with E-state index in [4.69, 9.17) is 10.5 Å². The van der Waals surface area contributed by atoms with E-state index in [1.807, 2.05) is 0 Å². The Morgan fingerprint density at radius 3 is 2.25 bits per heavy atom. The highest BCUT2D eigenvalue weighted by molar-refractivity contribution is 5.85. The molecule has 1 aliphatic rings. The first-order valence-corrected chi connectivity index (χ1v) is 7.66. The summed E-state index contributed by atoms with van der Waals surface area (Å²) < 4.78 is 18.1. The van der Waals surface area contributed by atoms with Crippen LogP contribution in [0.15, 0.2) is 24.3 Å². The molecule has 0 radical (unpaired) electrons. The van der Waals surface area contributed by atoms with Gasteiger partial charge in [-0.15, -0.1) is 12.4 Å². The van der Waals surface area contributed by atoms with Crippen molar-refractivity contribution in [3.8, 4) is 5.75 Å². The molecule has 0 saturated carbocycles. The second-order valence-electron chi connectivity index (χ2n) is 5.59. The molecule has 24 heavy (non-hydrogen) atoms. The van der Waals surface area contributed by atoms with E-state index in [9.17, 15) is 14.0 Å². The summed E-state index contributed by atoms with van der Waals surface area (Å²) in [4.78, 5) is 27.5. The molecule has 1 saturated heterocycles. The second-order valence-corrected chi connectivity index (χ2v) is 5.59. The molecule has 2 rings (SSSR count). The van der Waals surface area contributed by atoms with Gasteiger partial charge >= 0.3 is 0 Å². The van der Waals surface area contributed by atoms with Gasteiger partial charge in [-0.25, -0.2) is 4.39 Å². The van der Waals surface area contributed by atoms with E-state index in [-0.39, 0.29) is 42.6 Å². The third-order valence-electron chi connectivity index (χ3n) is 3.90. The Labute approximate surface area is 147 Å². The number of hydrogen-bond donors (Lipinski definition) is 1. The smallest absolute Gasteiger partial charge is 0.260 e. The van der Waals surface area contributed by atoms with E-state index in [1.54, 1.807) is 16.7 Å². The van der Waals surface area contributed by atoms with Crippen molar-refractivity contribution in [1.29, 1.82) is 0 Å². The number of carbonyl (C=O) groups excluding carboxylic acids is 2. The maximum atomic E-state index is 12.8. The predicted octanol–water partition coefficient (Wildman–Crippen LogP) is 0.892. The molecule has 0 bridgehead atoms. The van der Waals surface area contributed by atoms with Crippen LogP contribution in [0.3, 0.4) is 0 Å². The average Bonchev–Trinajstić information content (AvgIpc) is 2.59. The molecule has 0 aromatic heterocycles. The van der Waals surface area contributed by atoms with Gasteiger partial charge in [0, 0.05) is 38.6 Å². The summed E-state index contributed by atoms with van der Waals surface area (Å²) >= 11 is 0. The summed E-state index contributed by atoms with van der Waals surface area (Å²) in [5, 5.41) is 0. The van der Waals surface area contributed by atoms with Crippen LogP contribution in [-0.2, 0) is 9.59 Å². The van der Waals surface area contributed by atoms with Crippen molar-refractivity contribution in [2.75, 3.05) is 39.3 Å². The summed E-state index contributed by atoms with van der Waals surface area (Å²) in [5.74, 6) is -0.212. The maximum absolute atomic E-state index is 12.8. The van der Waals surface area contributed by atoms with E-state index in [2.05, 4.69) is 0 Å². The predicted molar refractivity (Wildman–Crippen MR) is 90.5 cm³/mol. The molecule has 1 aliphatic heterocycles. The SMILES string of the molecule is CC(CN)C(=O)N1CCN(C(=O)COc2ccc(F)cc2)CC1.Cl. The Hall–Kier alpha value is -1.86.